The van der Waals surface area contributed by atoms with E-state index in [4.69, 9.17) is 0 Å². The minimum Gasteiger partial charge on any atom is -0.341 e. The van der Waals surface area contributed by atoms with E-state index in [-0.39, 0.29) is 11.8 Å². The molecule has 0 fully saturated rings. The number of pyridine rings is 2. The molecule has 2 aliphatic rings. The van der Waals surface area contributed by atoms with Gasteiger partial charge < -0.3 is 10.6 Å². The largest absolute Gasteiger partial charge is 0.341 e. The molecule has 6 heteroatoms. The molecule has 0 spiro atoms. The fourth-order valence-corrected chi connectivity index (χ4v) is 2.97. The summed E-state index contributed by atoms with van der Waals surface area (Å²) in [4.78, 5) is 32.8. The Balaban J connectivity index is 1.80. The van der Waals surface area contributed by atoms with Crippen LogP contribution in [0.5, 0.6) is 0 Å². The minimum absolute atomic E-state index is 0.226. The van der Waals surface area contributed by atoms with Gasteiger partial charge in [0.25, 0.3) is 11.8 Å². The zero-order valence-corrected chi connectivity index (χ0v) is 11.5. The summed E-state index contributed by atoms with van der Waals surface area (Å²) in [6.07, 6.45) is 6.63. The number of hydrogen-bond acceptors (Lipinski definition) is 4. The molecule has 0 saturated heterocycles. The van der Waals surface area contributed by atoms with Gasteiger partial charge in [-0.3, -0.25) is 19.6 Å². The number of nitrogens with one attached hydrogen (secondary N) is 2. The van der Waals surface area contributed by atoms with E-state index in [1.54, 1.807) is 36.9 Å². The topological polar surface area (TPSA) is 84.0 Å². The first-order valence-corrected chi connectivity index (χ1v) is 6.91. The van der Waals surface area contributed by atoms with E-state index in [1.165, 1.54) is 0 Å². The van der Waals surface area contributed by atoms with Gasteiger partial charge in [-0.1, -0.05) is 12.1 Å². The number of aromatic nitrogens is 2. The van der Waals surface area contributed by atoms with E-state index in [0.29, 0.717) is 11.1 Å². The first-order valence-electron chi connectivity index (χ1n) is 6.91. The van der Waals surface area contributed by atoms with Crippen molar-refractivity contribution < 1.29 is 9.59 Å². The van der Waals surface area contributed by atoms with E-state index < -0.39 is 12.1 Å². The molecular formula is C16H12N4O2. The molecule has 0 aliphatic carbocycles. The molecule has 2 aromatic heterocycles. The van der Waals surface area contributed by atoms with Crippen molar-refractivity contribution in [2.45, 2.75) is 12.1 Å². The molecule has 2 unspecified atom stereocenters. The van der Waals surface area contributed by atoms with E-state index in [0.717, 1.165) is 11.1 Å². The summed E-state index contributed by atoms with van der Waals surface area (Å²) in [6, 6.07) is 6.37. The van der Waals surface area contributed by atoms with Crippen LogP contribution in [0.3, 0.4) is 0 Å². The van der Waals surface area contributed by atoms with Gasteiger partial charge in [0.1, 0.15) is 0 Å². The van der Waals surface area contributed by atoms with Crippen LogP contribution >= 0.6 is 0 Å². The van der Waals surface area contributed by atoms with Gasteiger partial charge >= 0.3 is 0 Å². The maximum Gasteiger partial charge on any atom is 0.250 e. The maximum absolute atomic E-state index is 12.4. The quantitative estimate of drug-likeness (QED) is 0.858. The molecule has 2 aliphatic heterocycles. The van der Waals surface area contributed by atoms with Crippen LogP contribution < -0.4 is 10.6 Å². The van der Waals surface area contributed by atoms with Crippen molar-refractivity contribution in [2.75, 3.05) is 0 Å². The fourth-order valence-electron chi connectivity index (χ4n) is 2.97. The minimum atomic E-state index is -0.446. The van der Waals surface area contributed by atoms with Crippen LogP contribution in [0.2, 0.25) is 0 Å². The molecule has 22 heavy (non-hydrogen) atoms. The zero-order valence-electron chi connectivity index (χ0n) is 11.5. The van der Waals surface area contributed by atoms with Crippen LogP contribution in [-0.2, 0) is 9.59 Å². The summed E-state index contributed by atoms with van der Waals surface area (Å²) in [7, 11) is 0. The standard InChI is InChI=1S/C16H12N4O2/c21-15-11-12(14(20-15)10-4-2-6-18-8-10)16(22)19-13(11)9-3-1-5-17-7-9/h1-8,13-14H,(H,19,22)(H,20,21). The lowest BCUT2D eigenvalue weighted by molar-refractivity contribution is -0.118. The summed E-state index contributed by atoms with van der Waals surface area (Å²) in [5.41, 5.74) is 2.55. The van der Waals surface area contributed by atoms with E-state index in [1.807, 2.05) is 12.1 Å². The van der Waals surface area contributed by atoms with Gasteiger partial charge in [0.15, 0.2) is 0 Å². The summed E-state index contributed by atoms with van der Waals surface area (Å²) >= 11 is 0. The van der Waals surface area contributed by atoms with Crippen molar-refractivity contribution in [3.63, 3.8) is 0 Å². The molecule has 108 valence electrons. The number of rotatable bonds is 2. The van der Waals surface area contributed by atoms with Crippen molar-refractivity contribution in [2.24, 2.45) is 0 Å². The van der Waals surface area contributed by atoms with Crippen LogP contribution in [0.15, 0.2) is 60.2 Å². The highest BCUT2D eigenvalue weighted by atomic mass is 16.2. The predicted molar refractivity (Wildman–Crippen MR) is 77.3 cm³/mol. The van der Waals surface area contributed by atoms with Crippen LogP contribution in [0.1, 0.15) is 23.2 Å². The number of amides is 2. The lowest BCUT2D eigenvalue weighted by Crippen LogP contribution is -2.33. The monoisotopic (exact) mass is 292 g/mol. The van der Waals surface area contributed by atoms with Gasteiger partial charge in [0, 0.05) is 24.8 Å². The Morgan fingerprint density at radius 2 is 1.23 bits per heavy atom. The molecule has 0 aromatic carbocycles. The fraction of sp³-hybridized carbons (Fsp3) is 0.125. The summed E-state index contributed by atoms with van der Waals surface area (Å²) < 4.78 is 0. The first kappa shape index (κ1) is 12.7. The van der Waals surface area contributed by atoms with Crippen molar-refractivity contribution in [1.82, 2.24) is 20.6 Å². The van der Waals surface area contributed by atoms with Crippen molar-refractivity contribution in [3.8, 4) is 0 Å². The number of carbonyl (C=O) groups excluding carboxylic acids is 2. The Kier molecular flexibility index (Phi) is 2.75. The normalized spacial score (nSPS) is 23.3. The van der Waals surface area contributed by atoms with Gasteiger partial charge in [-0.05, 0) is 23.3 Å². The van der Waals surface area contributed by atoms with Crippen molar-refractivity contribution >= 4 is 11.8 Å². The van der Waals surface area contributed by atoms with Crippen LogP contribution in [0, 0.1) is 0 Å². The molecule has 2 atom stereocenters. The average Bonchev–Trinajstić information content (AvgIpc) is 3.09. The molecule has 6 nitrogen and oxygen atoms in total. The second-order valence-corrected chi connectivity index (χ2v) is 5.21. The van der Waals surface area contributed by atoms with Gasteiger partial charge in [-0.2, -0.15) is 0 Å². The Labute approximate surface area is 126 Å². The number of hydrogen-bond donors (Lipinski definition) is 2. The maximum atomic E-state index is 12.4. The van der Waals surface area contributed by atoms with Crippen LogP contribution in [0.4, 0.5) is 0 Å². The Bertz CT molecular complexity index is 719. The van der Waals surface area contributed by atoms with E-state index >= 15 is 0 Å². The van der Waals surface area contributed by atoms with Crippen molar-refractivity contribution in [1.29, 1.82) is 0 Å². The van der Waals surface area contributed by atoms with Crippen LogP contribution in [-0.4, -0.2) is 21.8 Å². The van der Waals surface area contributed by atoms with Crippen molar-refractivity contribution in [3.05, 3.63) is 71.3 Å². The summed E-state index contributed by atoms with van der Waals surface area (Å²) in [5.74, 6) is -0.452. The lowest BCUT2D eigenvalue weighted by atomic mass is 9.97. The average molecular weight is 292 g/mol. The zero-order chi connectivity index (χ0) is 15.1. The Hall–Kier alpha value is -3.02. The summed E-state index contributed by atoms with van der Waals surface area (Å²) in [6.45, 7) is 0. The van der Waals surface area contributed by atoms with E-state index in [9.17, 15) is 9.59 Å². The van der Waals surface area contributed by atoms with Crippen LogP contribution in [0.25, 0.3) is 0 Å². The SMILES string of the molecule is O=C1NC(c2cccnc2)C2=C1C(c1cccnc1)NC2=O. The van der Waals surface area contributed by atoms with Gasteiger partial charge in [0.05, 0.1) is 23.2 Å². The highest BCUT2D eigenvalue weighted by Crippen LogP contribution is 2.40. The smallest absolute Gasteiger partial charge is 0.250 e. The molecule has 4 rings (SSSR count). The van der Waals surface area contributed by atoms with E-state index in [2.05, 4.69) is 20.6 Å². The second kappa shape index (κ2) is 4.77. The highest BCUT2D eigenvalue weighted by molar-refractivity contribution is 6.13. The third-order valence-corrected chi connectivity index (χ3v) is 3.94. The molecule has 2 N–H and O–H groups in total. The molecule has 2 amide bonds. The number of nitrogens with zero attached hydrogens (tertiary/aromatic N) is 2. The van der Waals surface area contributed by atoms with Gasteiger partial charge in [-0.15, -0.1) is 0 Å². The molecule has 0 saturated carbocycles. The van der Waals surface area contributed by atoms with Gasteiger partial charge in [-0.25, -0.2) is 0 Å². The molecule has 0 radical (unpaired) electrons. The highest BCUT2D eigenvalue weighted by Gasteiger charge is 2.46. The predicted octanol–water partition coefficient (Wildman–Crippen LogP) is 0.815. The first-order chi connectivity index (χ1) is 10.8. The molecule has 4 heterocycles. The third-order valence-electron chi connectivity index (χ3n) is 3.94. The molecule has 2 aromatic rings. The Morgan fingerprint density at radius 1 is 0.773 bits per heavy atom. The third kappa shape index (κ3) is 1.81. The molecular weight excluding hydrogens is 280 g/mol. The molecule has 0 bridgehead atoms. The van der Waals surface area contributed by atoms with Gasteiger partial charge in [0.2, 0.25) is 0 Å². The summed E-state index contributed by atoms with van der Waals surface area (Å²) in [5, 5.41) is 5.74. The Morgan fingerprint density at radius 3 is 1.59 bits per heavy atom. The lowest BCUT2D eigenvalue weighted by Gasteiger charge is -2.16. The second-order valence-electron chi connectivity index (χ2n) is 5.21. The number of carbonyl (C=O) groups is 2.